The van der Waals surface area contributed by atoms with E-state index in [1.807, 2.05) is 0 Å². The van der Waals surface area contributed by atoms with Crippen LogP contribution in [0.3, 0.4) is 0 Å². The number of guanidine groups is 1. The minimum absolute atomic E-state index is 0.0463. The van der Waals surface area contributed by atoms with E-state index < -0.39 is 17.7 Å². The Kier molecular flexibility index (Phi) is 19.2. The molecule has 0 saturated carbocycles. The maximum Gasteiger partial charge on any atom is 0.316 e. The molecule has 0 aromatic heterocycles. The number of hydrogen-bond acceptors (Lipinski definition) is 11. The Bertz CT molecular complexity index is 1240. The third kappa shape index (κ3) is 13.2. The maximum absolute atomic E-state index is 14.1. The van der Waals surface area contributed by atoms with Crippen LogP contribution >= 0.6 is 0 Å². The Morgan fingerprint density at radius 2 is 1.60 bits per heavy atom. The second kappa shape index (κ2) is 23.7. The van der Waals surface area contributed by atoms with Crippen molar-refractivity contribution in [2.45, 2.75) is 229 Å². The van der Waals surface area contributed by atoms with Crippen LogP contribution < -0.4 is 16.8 Å². The van der Waals surface area contributed by atoms with E-state index >= 15 is 0 Å². The van der Waals surface area contributed by atoms with E-state index in [0.717, 1.165) is 102 Å². The van der Waals surface area contributed by atoms with Crippen molar-refractivity contribution in [3.8, 4) is 0 Å². The predicted octanol–water partition coefficient (Wildman–Crippen LogP) is 7.04. The van der Waals surface area contributed by atoms with Gasteiger partial charge in [0, 0.05) is 32.0 Å². The molecule has 0 radical (unpaired) electrons. The summed E-state index contributed by atoms with van der Waals surface area (Å²) in [5.74, 6) is 0.491. The largest absolute Gasteiger partial charge is 0.465 e. The molecular formula is C45H82N6O6. The van der Waals surface area contributed by atoms with Gasteiger partial charge in [-0.1, -0.05) is 84.0 Å². The van der Waals surface area contributed by atoms with Gasteiger partial charge < -0.3 is 45.9 Å². The number of ether oxygens (including phenoxy) is 3. The van der Waals surface area contributed by atoms with Crippen molar-refractivity contribution in [2.24, 2.45) is 22.4 Å². The lowest BCUT2D eigenvalue weighted by Gasteiger charge is -2.55. The average molecular weight is 803 g/mol. The molecule has 12 heteroatoms. The number of aliphatic hydroxyl groups excluding tert-OH is 1. The molecular weight excluding hydrogens is 721 g/mol. The smallest absolute Gasteiger partial charge is 0.316 e. The first-order valence-electron chi connectivity index (χ1n) is 23.8. The van der Waals surface area contributed by atoms with Crippen molar-refractivity contribution in [1.29, 1.82) is 0 Å². The molecule has 1 amide bonds. The Balaban J connectivity index is 0.943. The van der Waals surface area contributed by atoms with Gasteiger partial charge in [0.1, 0.15) is 11.6 Å². The van der Waals surface area contributed by atoms with Crippen LogP contribution in [0.4, 0.5) is 0 Å². The third-order valence-corrected chi connectivity index (χ3v) is 13.6. The molecule has 328 valence electrons. The van der Waals surface area contributed by atoms with Crippen LogP contribution in [0.2, 0.25) is 0 Å². The Morgan fingerprint density at radius 3 is 2.26 bits per heavy atom. The summed E-state index contributed by atoms with van der Waals surface area (Å²) >= 11 is 0. The van der Waals surface area contributed by atoms with E-state index in [1.54, 1.807) is 4.90 Å². The number of rotatable bonds is 25. The summed E-state index contributed by atoms with van der Waals surface area (Å²) in [6.45, 7) is 6.75. The van der Waals surface area contributed by atoms with Gasteiger partial charge in [0.25, 0.3) is 0 Å². The van der Waals surface area contributed by atoms with Crippen LogP contribution in [-0.4, -0.2) is 107 Å². The molecule has 0 aliphatic carbocycles. The summed E-state index contributed by atoms with van der Waals surface area (Å²) < 4.78 is 19.7. The number of aliphatic hydroxyl groups is 1. The van der Waals surface area contributed by atoms with E-state index in [2.05, 4.69) is 24.1 Å². The number of nitrogens with zero attached hydrogens (tertiary/aromatic N) is 3. The summed E-state index contributed by atoms with van der Waals surface area (Å²) in [6.07, 6.45) is 28.0. The van der Waals surface area contributed by atoms with Gasteiger partial charge in [0.05, 0.1) is 31.0 Å². The van der Waals surface area contributed by atoms with E-state index in [4.69, 9.17) is 30.7 Å². The molecule has 0 unspecified atom stereocenters. The van der Waals surface area contributed by atoms with Gasteiger partial charge >= 0.3 is 5.97 Å². The van der Waals surface area contributed by atoms with E-state index in [1.165, 1.54) is 64.2 Å². The summed E-state index contributed by atoms with van der Waals surface area (Å²) in [6, 6.07) is 0.371. The number of amides is 1. The van der Waals surface area contributed by atoms with Crippen LogP contribution in [-0.2, 0) is 23.8 Å². The van der Waals surface area contributed by atoms with Crippen molar-refractivity contribution in [1.82, 2.24) is 15.1 Å². The molecule has 12 nitrogen and oxygen atoms in total. The minimum Gasteiger partial charge on any atom is -0.465 e. The monoisotopic (exact) mass is 803 g/mol. The third-order valence-electron chi connectivity index (χ3n) is 13.6. The number of nitrogens with one attached hydrogen (secondary N) is 1. The molecule has 0 bridgehead atoms. The van der Waals surface area contributed by atoms with Gasteiger partial charge in [-0.25, -0.2) is 4.99 Å². The fourth-order valence-electron chi connectivity index (χ4n) is 10.5. The zero-order valence-electron chi connectivity index (χ0n) is 36.1. The highest BCUT2D eigenvalue weighted by Crippen LogP contribution is 2.50. The van der Waals surface area contributed by atoms with Crippen molar-refractivity contribution < 1.29 is 28.9 Å². The quantitative estimate of drug-likeness (QED) is 0.0556. The van der Waals surface area contributed by atoms with Crippen LogP contribution in [0, 0.1) is 5.92 Å². The lowest BCUT2D eigenvalue weighted by molar-refractivity contribution is -0.194. The predicted molar refractivity (Wildman–Crippen MR) is 226 cm³/mol. The summed E-state index contributed by atoms with van der Waals surface area (Å²) in [7, 11) is 0. The normalized spacial score (nSPS) is 30.1. The summed E-state index contributed by atoms with van der Waals surface area (Å²) in [5, 5.41) is 14.0. The number of esters is 1. The molecule has 5 heterocycles. The van der Waals surface area contributed by atoms with E-state index in [0.29, 0.717) is 51.7 Å². The highest BCUT2D eigenvalue weighted by Gasteiger charge is 2.62. The van der Waals surface area contributed by atoms with Gasteiger partial charge in [-0.15, -0.1) is 0 Å². The van der Waals surface area contributed by atoms with Crippen molar-refractivity contribution in [2.75, 3.05) is 32.8 Å². The minimum atomic E-state index is -0.871. The molecule has 57 heavy (non-hydrogen) atoms. The Labute approximate surface area is 345 Å². The van der Waals surface area contributed by atoms with Crippen LogP contribution in [0.15, 0.2) is 4.99 Å². The van der Waals surface area contributed by atoms with E-state index in [-0.39, 0.29) is 35.9 Å². The average Bonchev–Trinajstić information content (AvgIpc) is 3.49. The molecule has 5 aliphatic heterocycles. The molecule has 4 fully saturated rings. The lowest BCUT2D eigenvalue weighted by Crippen LogP contribution is -2.71. The summed E-state index contributed by atoms with van der Waals surface area (Å²) in [5.41, 5.74) is 9.96. The van der Waals surface area contributed by atoms with Crippen molar-refractivity contribution >= 4 is 17.8 Å². The highest BCUT2D eigenvalue weighted by molar-refractivity contribution is 5.87. The number of hydrogen-bond donors (Lipinski definition) is 4. The maximum atomic E-state index is 14.1. The lowest BCUT2D eigenvalue weighted by atomic mass is 9.80. The first kappa shape index (κ1) is 46.1. The zero-order valence-corrected chi connectivity index (χ0v) is 36.1. The Hall–Kier alpha value is -1.99. The summed E-state index contributed by atoms with van der Waals surface area (Å²) in [4.78, 5) is 36.3. The van der Waals surface area contributed by atoms with Gasteiger partial charge in [-0.2, -0.15) is 0 Å². The molecule has 5 rings (SSSR count). The Morgan fingerprint density at radius 1 is 0.895 bits per heavy atom. The number of aliphatic imine (C=N–C) groups is 1. The zero-order chi connectivity index (χ0) is 40.5. The second-order valence-corrected chi connectivity index (χ2v) is 18.2. The van der Waals surface area contributed by atoms with Crippen LogP contribution in [0.1, 0.15) is 187 Å². The van der Waals surface area contributed by atoms with Crippen molar-refractivity contribution in [3.63, 3.8) is 0 Å². The number of nitrogens with two attached hydrogens (primary N) is 2. The molecule has 2 spiro atoms. The number of carbonyl (C=O) groups is 2. The molecule has 6 N–H and O–H groups in total. The van der Waals surface area contributed by atoms with Gasteiger partial charge in [0.2, 0.25) is 5.91 Å². The molecule has 0 aromatic carbocycles. The van der Waals surface area contributed by atoms with Gasteiger partial charge in [-0.3, -0.25) is 9.59 Å². The number of unbranched alkanes of at least 4 members (excludes halogenated alkanes) is 12. The fourth-order valence-corrected chi connectivity index (χ4v) is 10.5. The van der Waals surface area contributed by atoms with Crippen LogP contribution in [0.25, 0.3) is 0 Å². The van der Waals surface area contributed by atoms with Gasteiger partial charge in [0.15, 0.2) is 11.7 Å². The molecule has 5 aliphatic rings. The first-order valence-corrected chi connectivity index (χ1v) is 23.8. The first-order chi connectivity index (χ1) is 27.7. The SMILES string of the molecule is CC[C@H]1CCCC[C@@]2(C[C@@H]3CC[C@@H]4[C@H](C(=O)OCCCCCCCCCCCCCCCC(=O)N(CCCN)C[C@@H](O)CCN)[C@]5(CCC[C@@H](C)O5)N=C(N2)N34)O1. The van der Waals surface area contributed by atoms with Crippen molar-refractivity contribution in [3.05, 3.63) is 0 Å². The standard InChI is InChI=1S/C45H82N6O6/c1-3-38-22-16-17-27-44(57-38)33-36-24-25-39-41(45(28-19-21-35(2)56-45)49-43(48-44)51(36)39)42(54)55-32-18-14-12-10-8-6-4-5-7-9-11-13-15-23-40(53)50(31-20-29-46)34-37(52)26-30-47/h35-39,41,52H,3-34,46-47H2,1-2H3,(H,48,49)/t35-,36+,37+,38+,39-,41-,44+,45-/m1/s1. The molecule has 8 atom stereocenters. The molecule has 0 aromatic rings. The number of carbonyl (C=O) groups excluding carboxylic acids is 2. The topological polar surface area (TPSA) is 165 Å². The van der Waals surface area contributed by atoms with E-state index in [9.17, 15) is 14.7 Å². The second-order valence-electron chi connectivity index (χ2n) is 18.2. The molecule has 4 saturated heterocycles. The van der Waals surface area contributed by atoms with Crippen LogP contribution in [0.5, 0.6) is 0 Å². The highest BCUT2D eigenvalue weighted by atomic mass is 16.6. The fraction of sp³-hybridized carbons (Fsp3) is 0.933. The van der Waals surface area contributed by atoms with Gasteiger partial charge in [-0.05, 0) is 103 Å².